The van der Waals surface area contributed by atoms with Gasteiger partial charge in [0, 0.05) is 43.7 Å². The predicted molar refractivity (Wildman–Crippen MR) is 99.9 cm³/mol. The fraction of sp³-hybridized carbons (Fsp3) is 0.412. The van der Waals surface area contributed by atoms with Crippen LogP contribution in [0.5, 0.6) is 11.5 Å². The highest BCUT2D eigenvalue weighted by atomic mass is 32.1. The molecule has 0 saturated carbocycles. The molecule has 1 aromatic heterocycles. The van der Waals surface area contributed by atoms with Gasteiger partial charge in [0.05, 0.1) is 19.9 Å². The lowest BCUT2D eigenvalue weighted by atomic mass is 10.2. The summed E-state index contributed by atoms with van der Waals surface area (Å²) in [4.78, 5) is 1.98. The molecule has 0 radical (unpaired) electrons. The number of thiocarbonyl (C=S) groups is 1. The molecular formula is C17H24N4O2S. The zero-order chi connectivity index (χ0) is 17.7. The van der Waals surface area contributed by atoms with Gasteiger partial charge in [0.2, 0.25) is 0 Å². The molecule has 1 heterocycles. The van der Waals surface area contributed by atoms with Crippen LogP contribution in [0.1, 0.15) is 18.2 Å². The summed E-state index contributed by atoms with van der Waals surface area (Å²) in [5, 5.41) is 8.32. The number of nitrogens with one attached hydrogen (secondary N) is 1. The van der Waals surface area contributed by atoms with Crippen molar-refractivity contribution < 1.29 is 9.47 Å². The number of hydrogen-bond acceptors (Lipinski definition) is 4. The van der Waals surface area contributed by atoms with Crippen LogP contribution in [0, 0.1) is 6.92 Å². The van der Waals surface area contributed by atoms with E-state index in [0.29, 0.717) is 23.2 Å². The Bertz CT molecular complexity index is 715. The van der Waals surface area contributed by atoms with Crippen molar-refractivity contribution in [3.8, 4) is 11.5 Å². The molecule has 0 bridgehead atoms. The number of anilines is 1. The highest BCUT2D eigenvalue weighted by Gasteiger charge is 2.11. The maximum Gasteiger partial charge on any atom is 0.173 e. The van der Waals surface area contributed by atoms with Crippen LogP contribution in [0.3, 0.4) is 0 Å². The first-order chi connectivity index (χ1) is 11.5. The van der Waals surface area contributed by atoms with Crippen molar-refractivity contribution in [2.24, 2.45) is 0 Å². The minimum atomic E-state index is 0.630. The fourth-order valence-electron chi connectivity index (χ4n) is 2.34. The van der Waals surface area contributed by atoms with Crippen LogP contribution in [0.25, 0.3) is 0 Å². The minimum Gasteiger partial charge on any atom is -0.493 e. The Labute approximate surface area is 148 Å². The van der Waals surface area contributed by atoms with E-state index in [9.17, 15) is 0 Å². The Morgan fingerprint density at radius 2 is 2.00 bits per heavy atom. The lowest BCUT2D eigenvalue weighted by Gasteiger charge is -2.21. The summed E-state index contributed by atoms with van der Waals surface area (Å²) in [7, 11) is 5.18. The molecule has 0 aliphatic rings. The van der Waals surface area contributed by atoms with Gasteiger partial charge in [-0.15, -0.1) is 0 Å². The smallest absolute Gasteiger partial charge is 0.173 e. The van der Waals surface area contributed by atoms with Crippen LogP contribution in [-0.2, 0) is 13.1 Å². The molecule has 0 atom stereocenters. The summed E-state index contributed by atoms with van der Waals surface area (Å²) in [6, 6.07) is 5.61. The number of hydrogen-bond donors (Lipinski definition) is 1. The number of methoxy groups -OCH3 is 2. The van der Waals surface area contributed by atoms with Crippen molar-refractivity contribution in [2.45, 2.75) is 26.9 Å². The molecule has 0 saturated heterocycles. The monoisotopic (exact) mass is 348 g/mol. The van der Waals surface area contributed by atoms with Crippen LogP contribution < -0.4 is 14.8 Å². The van der Waals surface area contributed by atoms with E-state index < -0.39 is 0 Å². The number of ether oxygens (including phenoxy) is 2. The summed E-state index contributed by atoms with van der Waals surface area (Å²) >= 11 is 5.49. The van der Waals surface area contributed by atoms with Crippen LogP contribution >= 0.6 is 12.2 Å². The molecule has 24 heavy (non-hydrogen) atoms. The Morgan fingerprint density at radius 3 is 2.58 bits per heavy atom. The first-order valence-electron chi connectivity index (χ1n) is 7.75. The van der Waals surface area contributed by atoms with Gasteiger partial charge in [0.15, 0.2) is 16.6 Å². The normalized spacial score (nSPS) is 10.4. The third-order valence-electron chi connectivity index (χ3n) is 3.76. The largest absolute Gasteiger partial charge is 0.493 e. The van der Waals surface area contributed by atoms with Crippen molar-refractivity contribution in [1.82, 2.24) is 14.7 Å². The molecule has 0 spiro atoms. The van der Waals surface area contributed by atoms with Gasteiger partial charge in [0.1, 0.15) is 0 Å². The van der Waals surface area contributed by atoms with Crippen molar-refractivity contribution in [3.63, 3.8) is 0 Å². The molecule has 7 heteroatoms. The Hall–Kier alpha value is -2.28. The first-order valence-corrected chi connectivity index (χ1v) is 8.16. The topological polar surface area (TPSA) is 51.5 Å². The second-order valence-corrected chi connectivity index (χ2v) is 5.84. The molecule has 2 aromatic rings. The van der Waals surface area contributed by atoms with Crippen LogP contribution in [0.15, 0.2) is 24.4 Å². The second-order valence-electron chi connectivity index (χ2n) is 5.45. The molecule has 1 aromatic carbocycles. The SMILES string of the molecule is CCn1cc(CN(C)C(=S)Nc2ccc(OC)c(OC)c2)c(C)n1. The molecule has 0 amide bonds. The van der Waals surface area contributed by atoms with Crippen molar-refractivity contribution in [1.29, 1.82) is 0 Å². The minimum absolute atomic E-state index is 0.630. The first kappa shape index (κ1) is 18.1. The van der Waals surface area contributed by atoms with Crippen molar-refractivity contribution >= 4 is 23.0 Å². The van der Waals surface area contributed by atoms with E-state index in [1.165, 1.54) is 0 Å². The molecule has 130 valence electrons. The zero-order valence-electron chi connectivity index (χ0n) is 14.8. The maximum absolute atomic E-state index is 5.49. The van der Waals surface area contributed by atoms with Gasteiger partial charge in [0.25, 0.3) is 0 Å². The molecule has 6 nitrogen and oxygen atoms in total. The third-order valence-corrected chi connectivity index (χ3v) is 4.17. The van der Waals surface area contributed by atoms with Gasteiger partial charge in [-0.3, -0.25) is 4.68 Å². The summed E-state index contributed by atoms with van der Waals surface area (Å²) < 4.78 is 12.5. The molecule has 0 fully saturated rings. The van der Waals surface area contributed by atoms with E-state index in [4.69, 9.17) is 21.7 Å². The molecular weight excluding hydrogens is 324 g/mol. The van der Waals surface area contributed by atoms with E-state index >= 15 is 0 Å². The van der Waals surface area contributed by atoms with Crippen LogP contribution in [0.2, 0.25) is 0 Å². The summed E-state index contributed by atoms with van der Waals surface area (Å²) in [6.07, 6.45) is 2.06. The second kappa shape index (κ2) is 8.01. The molecule has 1 N–H and O–H groups in total. The van der Waals surface area contributed by atoms with Gasteiger partial charge >= 0.3 is 0 Å². The van der Waals surface area contributed by atoms with Gasteiger partial charge in [-0.1, -0.05) is 0 Å². The number of rotatable bonds is 6. The Morgan fingerprint density at radius 1 is 1.29 bits per heavy atom. The predicted octanol–water partition coefficient (Wildman–Crippen LogP) is 3.06. The fourth-order valence-corrected chi connectivity index (χ4v) is 2.52. The average molecular weight is 348 g/mol. The Kier molecular flexibility index (Phi) is 6.03. The van der Waals surface area contributed by atoms with E-state index in [0.717, 1.165) is 23.5 Å². The van der Waals surface area contributed by atoms with E-state index in [2.05, 4.69) is 23.5 Å². The Balaban J connectivity index is 2.04. The maximum atomic E-state index is 5.49. The van der Waals surface area contributed by atoms with E-state index in [1.807, 2.05) is 41.8 Å². The third kappa shape index (κ3) is 4.17. The van der Waals surface area contributed by atoms with Crippen molar-refractivity contribution in [2.75, 3.05) is 26.6 Å². The number of benzene rings is 1. The van der Waals surface area contributed by atoms with Gasteiger partial charge < -0.3 is 19.7 Å². The van der Waals surface area contributed by atoms with Gasteiger partial charge in [-0.2, -0.15) is 5.10 Å². The molecule has 0 aliphatic carbocycles. The number of aromatic nitrogens is 2. The van der Waals surface area contributed by atoms with Gasteiger partial charge in [-0.05, 0) is 38.2 Å². The lowest BCUT2D eigenvalue weighted by molar-refractivity contribution is 0.355. The number of aryl methyl sites for hydroxylation is 2. The zero-order valence-corrected chi connectivity index (χ0v) is 15.6. The highest BCUT2D eigenvalue weighted by Crippen LogP contribution is 2.29. The van der Waals surface area contributed by atoms with Crippen LogP contribution in [0.4, 0.5) is 5.69 Å². The average Bonchev–Trinajstić information content (AvgIpc) is 2.94. The quantitative estimate of drug-likeness (QED) is 0.810. The van der Waals surface area contributed by atoms with E-state index in [-0.39, 0.29) is 0 Å². The lowest BCUT2D eigenvalue weighted by Crippen LogP contribution is -2.30. The number of nitrogens with zero attached hydrogens (tertiary/aromatic N) is 3. The molecule has 2 rings (SSSR count). The van der Waals surface area contributed by atoms with E-state index in [1.54, 1.807) is 14.2 Å². The van der Waals surface area contributed by atoms with Crippen molar-refractivity contribution in [3.05, 3.63) is 35.7 Å². The van der Waals surface area contributed by atoms with Gasteiger partial charge in [-0.25, -0.2) is 0 Å². The standard InChI is InChI=1S/C17H24N4O2S/c1-6-21-11-13(12(2)19-21)10-20(3)17(24)18-14-7-8-15(22-4)16(9-14)23-5/h7-9,11H,6,10H2,1-5H3,(H,18,24). The molecule has 0 aliphatic heterocycles. The molecule has 0 unspecified atom stereocenters. The highest BCUT2D eigenvalue weighted by molar-refractivity contribution is 7.80. The summed E-state index contributed by atoms with van der Waals surface area (Å²) in [5.41, 5.74) is 3.04. The van der Waals surface area contributed by atoms with Crippen LogP contribution in [-0.4, -0.2) is 41.1 Å². The summed E-state index contributed by atoms with van der Waals surface area (Å²) in [5.74, 6) is 1.35. The summed E-state index contributed by atoms with van der Waals surface area (Å²) in [6.45, 7) is 5.65.